The normalized spacial score (nSPS) is 12.4. The molecule has 32 heavy (non-hydrogen) atoms. The van der Waals surface area contributed by atoms with Crippen LogP contribution in [0.1, 0.15) is 25.0 Å². The number of aromatic nitrogens is 1. The Kier molecular flexibility index (Phi) is 9.46. The third kappa shape index (κ3) is 7.26. The van der Waals surface area contributed by atoms with Gasteiger partial charge < -0.3 is 24.8 Å². The highest BCUT2D eigenvalue weighted by Gasteiger charge is 2.30. The maximum Gasteiger partial charge on any atom is 0.408 e. The molecule has 0 saturated heterocycles. The number of pyridine rings is 1. The number of benzene rings is 1. The minimum absolute atomic E-state index is 0.0741. The van der Waals surface area contributed by atoms with Gasteiger partial charge in [0, 0.05) is 18.2 Å². The van der Waals surface area contributed by atoms with Gasteiger partial charge in [0.2, 0.25) is 11.8 Å². The highest BCUT2D eigenvalue weighted by Crippen LogP contribution is 2.16. The number of hydrogen-bond acceptors (Lipinski definition) is 7. The summed E-state index contributed by atoms with van der Waals surface area (Å²) in [6.07, 6.45) is 0.943. The van der Waals surface area contributed by atoms with Gasteiger partial charge in [-0.2, -0.15) is 0 Å². The number of ether oxygens (including phenoxy) is 3. The largest absolute Gasteiger partial charge is 0.481 e. The monoisotopic (exact) mass is 443 g/mol. The summed E-state index contributed by atoms with van der Waals surface area (Å²) in [4.78, 5) is 41.6. The Morgan fingerprint density at radius 3 is 2.34 bits per heavy atom. The van der Waals surface area contributed by atoms with Crippen molar-refractivity contribution in [2.45, 2.75) is 39.0 Å². The highest BCUT2D eigenvalue weighted by atomic mass is 16.5. The molecule has 9 heteroatoms. The van der Waals surface area contributed by atoms with E-state index in [0.29, 0.717) is 11.4 Å². The number of carbonyl (C=O) groups excluding carboxylic acids is 3. The molecule has 2 aromatic rings. The van der Waals surface area contributed by atoms with Crippen LogP contribution in [0.3, 0.4) is 0 Å². The summed E-state index contributed by atoms with van der Waals surface area (Å²) in [5, 5.41) is 5.23. The van der Waals surface area contributed by atoms with Crippen molar-refractivity contribution in [3.8, 4) is 5.88 Å². The second kappa shape index (κ2) is 12.3. The van der Waals surface area contributed by atoms with Crippen molar-refractivity contribution in [3.05, 3.63) is 59.8 Å². The van der Waals surface area contributed by atoms with E-state index in [4.69, 9.17) is 14.2 Å². The summed E-state index contributed by atoms with van der Waals surface area (Å²) in [7, 11) is 2.71. The first kappa shape index (κ1) is 24.6. The zero-order chi connectivity index (χ0) is 23.5. The van der Waals surface area contributed by atoms with E-state index in [1.54, 1.807) is 32.2 Å². The Morgan fingerprint density at radius 1 is 1.00 bits per heavy atom. The van der Waals surface area contributed by atoms with Gasteiger partial charge in [0.15, 0.2) is 0 Å². The lowest BCUT2D eigenvalue weighted by Gasteiger charge is -2.24. The van der Waals surface area contributed by atoms with Gasteiger partial charge in [-0.15, -0.1) is 0 Å². The quantitative estimate of drug-likeness (QED) is 0.541. The van der Waals surface area contributed by atoms with Crippen LogP contribution in [0.15, 0.2) is 48.7 Å². The predicted molar refractivity (Wildman–Crippen MR) is 117 cm³/mol. The zero-order valence-corrected chi connectivity index (χ0v) is 18.7. The molecule has 1 aromatic carbocycles. The molecule has 1 heterocycles. The Morgan fingerprint density at radius 2 is 1.72 bits per heavy atom. The number of amides is 2. The fourth-order valence-electron chi connectivity index (χ4n) is 3.01. The molecular formula is C23H29N3O6. The lowest BCUT2D eigenvalue weighted by molar-refractivity contribution is -0.145. The van der Waals surface area contributed by atoms with Crippen LogP contribution < -0.4 is 15.4 Å². The minimum Gasteiger partial charge on any atom is -0.481 e. The van der Waals surface area contributed by atoms with Gasteiger partial charge in [-0.1, -0.05) is 50.2 Å². The molecule has 0 aliphatic carbocycles. The van der Waals surface area contributed by atoms with Crippen molar-refractivity contribution in [1.82, 2.24) is 15.6 Å². The van der Waals surface area contributed by atoms with Crippen molar-refractivity contribution >= 4 is 18.0 Å². The van der Waals surface area contributed by atoms with Gasteiger partial charge >= 0.3 is 12.1 Å². The Hall–Kier alpha value is -3.62. The number of esters is 1. The van der Waals surface area contributed by atoms with Crippen molar-refractivity contribution < 1.29 is 28.6 Å². The first-order valence-corrected chi connectivity index (χ1v) is 10.2. The molecule has 2 N–H and O–H groups in total. The van der Waals surface area contributed by atoms with Crippen molar-refractivity contribution in [1.29, 1.82) is 0 Å². The molecule has 2 amide bonds. The van der Waals surface area contributed by atoms with Crippen LogP contribution in [-0.4, -0.2) is 49.3 Å². The van der Waals surface area contributed by atoms with Crippen LogP contribution in [0, 0.1) is 5.92 Å². The van der Waals surface area contributed by atoms with Crippen LogP contribution in [0.5, 0.6) is 5.88 Å². The van der Waals surface area contributed by atoms with E-state index in [9.17, 15) is 14.4 Å². The van der Waals surface area contributed by atoms with E-state index in [-0.39, 0.29) is 18.9 Å². The smallest absolute Gasteiger partial charge is 0.408 e. The summed E-state index contributed by atoms with van der Waals surface area (Å²) < 4.78 is 15.3. The maximum absolute atomic E-state index is 12.9. The lowest BCUT2D eigenvalue weighted by Crippen LogP contribution is -2.54. The average molecular weight is 444 g/mol. The minimum atomic E-state index is -0.992. The first-order valence-electron chi connectivity index (χ1n) is 10.2. The Labute approximate surface area is 187 Å². The summed E-state index contributed by atoms with van der Waals surface area (Å²) in [6, 6.07) is 10.7. The fraction of sp³-hybridized carbons (Fsp3) is 0.391. The standard InChI is InChI=1S/C23H29N3O6/c1-15(2)19(26-23(29)32-14-16-9-6-5-7-10-16)20(27)25-18(22(28)31-4)13-17-11-8-12-24-21(17)30-3/h5-12,15,18-19H,13-14H2,1-4H3,(H,25,27)(H,26,29)/t18-,19-/m0/s1. The SMILES string of the molecule is COC(=O)[C@H](Cc1cccnc1OC)NC(=O)[C@@H](NC(=O)OCc1ccccc1)C(C)C. The molecule has 0 saturated carbocycles. The average Bonchev–Trinajstić information content (AvgIpc) is 2.80. The lowest BCUT2D eigenvalue weighted by atomic mass is 10.0. The number of rotatable bonds is 10. The topological polar surface area (TPSA) is 116 Å². The third-order valence-electron chi connectivity index (χ3n) is 4.70. The van der Waals surface area contributed by atoms with Gasteiger partial charge in [-0.3, -0.25) is 4.79 Å². The number of carbonyl (C=O) groups is 3. The van der Waals surface area contributed by atoms with Crippen molar-refractivity contribution in [3.63, 3.8) is 0 Å². The molecule has 0 spiro atoms. The second-order valence-corrected chi connectivity index (χ2v) is 7.39. The summed E-state index contributed by atoms with van der Waals surface area (Å²) >= 11 is 0. The van der Waals surface area contributed by atoms with Crippen LogP contribution in [-0.2, 0) is 32.1 Å². The molecule has 172 valence electrons. The van der Waals surface area contributed by atoms with E-state index in [0.717, 1.165) is 5.56 Å². The number of nitrogens with one attached hydrogen (secondary N) is 2. The molecule has 1 aromatic heterocycles. The van der Waals surface area contributed by atoms with E-state index >= 15 is 0 Å². The predicted octanol–water partition coefficient (Wildman–Crippen LogP) is 2.24. The number of nitrogens with zero attached hydrogens (tertiary/aromatic N) is 1. The third-order valence-corrected chi connectivity index (χ3v) is 4.70. The summed E-state index contributed by atoms with van der Waals surface area (Å²) in [5.74, 6) is -1.07. The second-order valence-electron chi connectivity index (χ2n) is 7.39. The molecular weight excluding hydrogens is 414 g/mol. The van der Waals surface area contributed by atoms with Gasteiger partial charge in [-0.25, -0.2) is 14.6 Å². The Bertz CT molecular complexity index is 904. The van der Waals surface area contributed by atoms with Gasteiger partial charge in [0.1, 0.15) is 18.7 Å². The van der Waals surface area contributed by atoms with Crippen LogP contribution >= 0.6 is 0 Å². The van der Waals surface area contributed by atoms with E-state index in [1.165, 1.54) is 14.2 Å². The van der Waals surface area contributed by atoms with Gasteiger partial charge in [-0.05, 0) is 17.5 Å². The van der Waals surface area contributed by atoms with E-state index in [1.807, 2.05) is 30.3 Å². The number of hydrogen-bond donors (Lipinski definition) is 2. The molecule has 0 aliphatic heterocycles. The van der Waals surface area contributed by atoms with Crippen LogP contribution in [0.25, 0.3) is 0 Å². The Balaban J connectivity index is 2.05. The van der Waals surface area contributed by atoms with Gasteiger partial charge in [0.05, 0.1) is 14.2 Å². The summed E-state index contributed by atoms with van der Waals surface area (Å²) in [5.41, 5.74) is 1.45. The molecule has 2 atom stereocenters. The zero-order valence-electron chi connectivity index (χ0n) is 18.7. The molecule has 0 aliphatic rings. The fourth-order valence-corrected chi connectivity index (χ4v) is 3.01. The van der Waals surface area contributed by atoms with Crippen LogP contribution in [0.2, 0.25) is 0 Å². The van der Waals surface area contributed by atoms with Crippen molar-refractivity contribution in [2.24, 2.45) is 5.92 Å². The molecule has 0 unspecified atom stereocenters. The molecule has 2 rings (SSSR count). The van der Waals surface area contributed by atoms with Crippen LogP contribution in [0.4, 0.5) is 4.79 Å². The molecule has 0 bridgehead atoms. The van der Waals surface area contributed by atoms with Crippen molar-refractivity contribution in [2.75, 3.05) is 14.2 Å². The molecule has 0 radical (unpaired) electrons. The maximum atomic E-state index is 12.9. The molecule has 0 fully saturated rings. The number of methoxy groups -OCH3 is 2. The highest BCUT2D eigenvalue weighted by molar-refractivity contribution is 5.90. The molecule has 9 nitrogen and oxygen atoms in total. The van der Waals surface area contributed by atoms with E-state index < -0.39 is 30.1 Å². The number of alkyl carbamates (subject to hydrolysis) is 1. The first-order chi connectivity index (χ1) is 15.3. The summed E-state index contributed by atoms with van der Waals surface area (Å²) in [6.45, 7) is 3.63. The van der Waals surface area contributed by atoms with E-state index in [2.05, 4.69) is 15.6 Å². The van der Waals surface area contributed by atoms with Gasteiger partial charge in [0.25, 0.3) is 0 Å².